The molecule has 3 fully saturated rings. The molecule has 9 heteroatoms. The predicted octanol–water partition coefficient (Wildman–Crippen LogP) is 13.4. The van der Waals surface area contributed by atoms with Crippen molar-refractivity contribution >= 4 is 13.8 Å². The molecule has 3 N–H and O–H groups in total. The quantitative estimate of drug-likeness (QED) is 0.0387. The molecule has 58 heavy (non-hydrogen) atoms. The van der Waals surface area contributed by atoms with Gasteiger partial charge in [-0.1, -0.05) is 142 Å². The number of allylic oxidation sites excluding steroid dienone is 3. The molecule has 0 bridgehead atoms. The van der Waals surface area contributed by atoms with Gasteiger partial charge in [0, 0.05) is 6.61 Å². The van der Waals surface area contributed by atoms with Crippen LogP contribution < -0.4 is 0 Å². The number of carboxylic acid groups (broad SMARTS) is 1. The summed E-state index contributed by atoms with van der Waals surface area (Å²) >= 11 is 0. The van der Waals surface area contributed by atoms with Crippen molar-refractivity contribution in [2.45, 2.75) is 220 Å². The standard InChI is InChI=1S/C49H87O8P/c1-7-8-9-10-11-12-13-14-15-16-17-18-19-20-21-22-34-55-45(36-56-58(52,53)54)46(47(50)51)57-40-30-32-48(5)39(35-40)26-27-41-43-29-28-42(38(4)25-23-24-37(2)3)49(43,6)33-31-44(41)48/h14-15,26,37-38,40-46H,7-13,16-25,27-36H2,1-6H3,(H,50,51)(H2,52,53,54)/b15-14-/t38-,40?,41?,42-,43?,44?,45?,46?,48+,49-/m1/s1. The highest BCUT2D eigenvalue weighted by atomic mass is 31.2. The van der Waals surface area contributed by atoms with Gasteiger partial charge in [0.15, 0.2) is 6.10 Å². The van der Waals surface area contributed by atoms with Gasteiger partial charge in [0.25, 0.3) is 0 Å². The van der Waals surface area contributed by atoms with Crippen LogP contribution in [-0.2, 0) is 23.4 Å². The summed E-state index contributed by atoms with van der Waals surface area (Å²) in [5.41, 5.74) is 1.96. The molecule has 0 aromatic carbocycles. The number of phosphoric ester groups is 1. The largest absolute Gasteiger partial charge is 0.479 e. The number of phosphoric acid groups is 1. The van der Waals surface area contributed by atoms with E-state index >= 15 is 0 Å². The van der Waals surface area contributed by atoms with Crippen molar-refractivity contribution in [3.05, 3.63) is 23.8 Å². The molecule has 4 aliphatic carbocycles. The van der Waals surface area contributed by atoms with E-state index in [4.69, 9.17) is 14.0 Å². The fourth-order valence-corrected chi connectivity index (χ4v) is 12.6. The van der Waals surface area contributed by atoms with Gasteiger partial charge < -0.3 is 24.4 Å². The first-order valence-corrected chi connectivity index (χ1v) is 25.8. The van der Waals surface area contributed by atoms with Gasteiger partial charge in [-0.05, 0) is 130 Å². The molecule has 0 aliphatic heterocycles. The van der Waals surface area contributed by atoms with Crippen molar-refractivity contribution in [1.82, 2.24) is 0 Å². The Morgan fingerprint density at radius 3 is 2.14 bits per heavy atom. The summed E-state index contributed by atoms with van der Waals surface area (Å²) in [6.07, 6.45) is 33.9. The maximum atomic E-state index is 12.7. The van der Waals surface area contributed by atoms with Crippen LogP contribution in [0.25, 0.3) is 0 Å². The van der Waals surface area contributed by atoms with Crippen LogP contribution in [0.3, 0.4) is 0 Å². The number of rotatable bonds is 29. The van der Waals surface area contributed by atoms with E-state index < -0.39 is 32.6 Å². The highest BCUT2D eigenvalue weighted by Crippen LogP contribution is 2.67. The van der Waals surface area contributed by atoms with E-state index in [-0.39, 0.29) is 18.1 Å². The molecule has 3 saturated carbocycles. The van der Waals surface area contributed by atoms with Crippen molar-refractivity contribution in [2.75, 3.05) is 13.2 Å². The van der Waals surface area contributed by atoms with Gasteiger partial charge in [0.05, 0.1) is 12.7 Å². The van der Waals surface area contributed by atoms with Gasteiger partial charge in [-0.15, -0.1) is 0 Å². The van der Waals surface area contributed by atoms with Gasteiger partial charge in [0.1, 0.15) is 6.10 Å². The maximum absolute atomic E-state index is 12.7. The lowest BCUT2D eigenvalue weighted by molar-refractivity contribution is -0.175. The van der Waals surface area contributed by atoms with Crippen LogP contribution in [0.1, 0.15) is 202 Å². The highest BCUT2D eigenvalue weighted by Gasteiger charge is 2.59. The Kier molecular flexibility index (Phi) is 21.0. The molecule has 8 nitrogen and oxygen atoms in total. The molecule has 0 heterocycles. The molecule has 0 saturated heterocycles. The number of aliphatic carboxylic acids is 1. The van der Waals surface area contributed by atoms with Crippen molar-refractivity contribution < 1.29 is 38.3 Å². The number of ether oxygens (including phenoxy) is 2. The first kappa shape index (κ1) is 49.6. The Balaban J connectivity index is 1.24. The zero-order valence-electron chi connectivity index (χ0n) is 37.9. The van der Waals surface area contributed by atoms with Crippen LogP contribution in [0.15, 0.2) is 23.8 Å². The fraction of sp³-hybridized carbons (Fsp3) is 0.898. The van der Waals surface area contributed by atoms with Crippen LogP contribution >= 0.6 is 7.82 Å². The summed E-state index contributed by atoms with van der Waals surface area (Å²) < 4.78 is 28.9. The summed E-state index contributed by atoms with van der Waals surface area (Å²) in [7, 11) is -4.83. The minimum Gasteiger partial charge on any atom is -0.479 e. The molecule has 0 radical (unpaired) electrons. The zero-order chi connectivity index (χ0) is 42.2. The second kappa shape index (κ2) is 24.6. The fourth-order valence-electron chi connectivity index (χ4n) is 12.3. The van der Waals surface area contributed by atoms with Gasteiger partial charge >= 0.3 is 13.8 Å². The van der Waals surface area contributed by atoms with E-state index in [1.165, 1.54) is 108 Å². The van der Waals surface area contributed by atoms with E-state index in [0.29, 0.717) is 23.7 Å². The summed E-state index contributed by atoms with van der Waals surface area (Å²) in [6, 6.07) is 0. The van der Waals surface area contributed by atoms with Gasteiger partial charge in [-0.25, -0.2) is 9.36 Å². The first-order chi connectivity index (χ1) is 27.7. The molecule has 0 spiro atoms. The van der Waals surface area contributed by atoms with Crippen molar-refractivity contribution in [2.24, 2.45) is 46.3 Å². The number of hydrogen-bond donors (Lipinski definition) is 3. The summed E-state index contributed by atoms with van der Waals surface area (Å²) in [5.74, 6) is 3.36. The van der Waals surface area contributed by atoms with E-state index in [1.54, 1.807) is 0 Å². The third-order valence-electron chi connectivity index (χ3n) is 15.6. The average molecular weight is 835 g/mol. The Bertz CT molecular complexity index is 1310. The molecule has 4 rings (SSSR count). The van der Waals surface area contributed by atoms with E-state index in [9.17, 15) is 24.3 Å². The smallest absolute Gasteiger partial charge is 0.469 e. The molecule has 10 atom stereocenters. The van der Waals surface area contributed by atoms with Crippen molar-refractivity contribution in [1.29, 1.82) is 0 Å². The Hall–Kier alpha value is -1.02. The zero-order valence-corrected chi connectivity index (χ0v) is 38.7. The number of hydrogen-bond acceptors (Lipinski definition) is 5. The summed E-state index contributed by atoms with van der Waals surface area (Å²) in [6.45, 7) is 14.3. The molecule has 336 valence electrons. The second-order valence-corrected chi connectivity index (χ2v) is 21.4. The lowest BCUT2D eigenvalue weighted by Gasteiger charge is -2.58. The van der Waals surface area contributed by atoms with Crippen LogP contribution in [-0.4, -0.2) is 52.4 Å². The summed E-state index contributed by atoms with van der Waals surface area (Å²) in [4.78, 5) is 31.6. The number of unbranched alkanes of at least 4 members (excludes halogenated alkanes) is 12. The topological polar surface area (TPSA) is 123 Å². The molecule has 0 amide bonds. The van der Waals surface area contributed by atoms with Crippen LogP contribution in [0.2, 0.25) is 0 Å². The molecule has 4 aliphatic rings. The van der Waals surface area contributed by atoms with Crippen molar-refractivity contribution in [3.63, 3.8) is 0 Å². The highest BCUT2D eigenvalue weighted by molar-refractivity contribution is 7.46. The van der Waals surface area contributed by atoms with E-state index in [1.807, 2.05) is 0 Å². The Morgan fingerprint density at radius 2 is 1.50 bits per heavy atom. The molecule has 0 aromatic heterocycles. The lowest BCUT2D eigenvalue weighted by atomic mass is 9.47. The van der Waals surface area contributed by atoms with Crippen molar-refractivity contribution in [3.8, 4) is 0 Å². The monoisotopic (exact) mass is 835 g/mol. The van der Waals surface area contributed by atoms with Gasteiger partial charge in [-0.3, -0.25) is 4.52 Å². The van der Waals surface area contributed by atoms with Crippen LogP contribution in [0.5, 0.6) is 0 Å². The SMILES string of the molecule is CCCCCCCC/C=C\CCCCCCCCOC(COP(=O)(O)O)C(OC1CC[C@@]2(C)C(=CCC3C2CC[C@@]2(C)C3CC[C@@H]2[C@H](C)CCCC(C)C)C1)C(=O)O. The van der Waals surface area contributed by atoms with E-state index in [2.05, 4.69) is 59.8 Å². The molecule has 6 unspecified atom stereocenters. The van der Waals surface area contributed by atoms with E-state index in [0.717, 1.165) is 75.0 Å². The number of fused-ring (bicyclic) bond motifs is 5. The first-order valence-electron chi connectivity index (χ1n) is 24.2. The third kappa shape index (κ3) is 14.8. The number of carboxylic acids is 1. The summed E-state index contributed by atoms with van der Waals surface area (Å²) in [5, 5.41) is 10.4. The van der Waals surface area contributed by atoms with Crippen LogP contribution in [0, 0.1) is 46.3 Å². The minimum atomic E-state index is -4.83. The normalized spacial score (nSPS) is 30.2. The van der Waals surface area contributed by atoms with Gasteiger partial charge in [-0.2, -0.15) is 0 Å². The molecular weight excluding hydrogens is 748 g/mol. The Morgan fingerprint density at radius 1 is 0.845 bits per heavy atom. The molecular formula is C49H87O8P. The lowest BCUT2D eigenvalue weighted by Crippen LogP contribution is -2.51. The predicted molar refractivity (Wildman–Crippen MR) is 237 cm³/mol. The number of carbonyl (C=O) groups is 1. The molecule has 0 aromatic rings. The average Bonchev–Trinajstić information content (AvgIpc) is 3.53. The van der Waals surface area contributed by atoms with Crippen LogP contribution in [0.4, 0.5) is 0 Å². The second-order valence-electron chi connectivity index (χ2n) is 20.2. The Labute approximate surface area is 354 Å². The van der Waals surface area contributed by atoms with Gasteiger partial charge in [0.2, 0.25) is 0 Å². The minimum absolute atomic E-state index is 0.104. The maximum Gasteiger partial charge on any atom is 0.469 e. The third-order valence-corrected chi connectivity index (χ3v) is 16.1.